The first kappa shape index (κ1) is 19.4. The van der Waals surface area contributed by atoms with Crippen molar-refractivity contribution < 1.29 is 0 Å². The molecule has 0 N–H and O–H groups in total. The van der Waals surface area contributed by atoms with Gasteiger partial charge in [0.05, 0.1) is 0 Å². The molecule has 0 fully saturated rings. The van der Waals surface area contributed by atoms with Crippen LogP contribution in [0.2, 0.25) is 13.1 Å². The molecule has 29 heavy (non-hydrogen) atoms. The lowest BCUT2D eigenvalue weighted by atomic mass is 10.3. The van der Waals surface area contributed by atoms with Crippen molar-refractivity contribution in [3.63, 3.8) is 0 Å². The summed E-state index contributed by atoms with van der Waals surface area (Å²) in [5, 5.41) is 4.27. The largest absolute Gasteiger partial charge is 0.414 e. The van der Waals surface area contributed by atoms with Crippen molar-refractivity contribution in [1.82, 2.24) is 0 Å². The van der Waals surface area contributed by atoms with E-state index < -0.39 is 17.2 Å². The first-order valence-corrected chi connectivity index (χ1v) is 14.5. The van der Waals surface area contributed by atoms with Crippen LogP contribution in [0.3, 0.4) is 0 Å². The molecule has 4 aromatic rings. The fourth-order valence-corrected chi connectivity index (χ4v) is 13.1. The maximum Gasteiger partial charge on any atom is 0.244 e. The second-order valence-corrected chi connectivity index (χ2v) is 13.8. The highest BCUT2D eigenvalue weighted by atomic mass is 28.4. The average Bonchev–Trinajstić information content (AvgIpc) is 2.79. The van der Waals surface area contributed by atoms with Gasteiger partial charge in [0.25, 0.3) is 0 Å². The maximum atomic E-state index is 2.79. The molecule has 0 unspecified atom stereocenters. The van der Waals surface area contributed by atoms with E-state index in [9.17, 15) is 0 Å². The van der Waals surface area contributed by atoms with Crippen molar-refractivity contribution in [2.45, 2.75) is 13.1 Å². The third-order valence-corrected chi connectivity index (χ3v) is 13.3. The summed E-state index contributed by atoms with van der Waals surface area (Å²) >= 11 is 0. The Balaban J connectivity index is 2.13. The number of benzene rings is 4. The van der Waals surface area contributed by atoms with Crippen molar-refractivity contribution in [2.24, 2.45) is 0 Å². The first-order chi connectivity index (χ1) is 14.2. The van der Waals surface area contributed by atoms with Crippen LogP contribution in [0.15, 0.2) is 121 Å². The van der Waals surface area contributed by atoms with Crippen LogP contribution in [-0.4, -0.2) is 17.2 Å². The number of para-hydroxylation sites is 1. The predicted octanol–water partition coefficient (Wildman–Crippen LogP) is 4.41. The van der Waals surface area contributed by atoms with Crippen LogP contribution in [0.25, 0.3) is 0 Å². The quantitative estimate of drug-likeness (QED) is 0.337. The van der Waals surface area contributed by atoms with Gasteiger partial charge in [0.2, 0.25) is 8.24 Å². The van der Waals surface area contributed by atoms with Gasteiger partial charge in [-0.05, 0) is 27.7 Å². The molecule has 0 aliphatic heterocycles. The van der Waals surface area contributed by atoms with Gasteiger partial charge in [-0.3, -0.25) is 0 Å². The van der Waals surface area contributed by atoms with E-state index in [0.717, 1.165) is 0 Å². The molecule has 0 aliphatic rings. The normalized spacial score (nSPS) is 11.4. The Bertz CT molecular complexity index is 923. The molecule has 0 amide bonds. The molecule has 0 saturated heterocycles. The Morgan fingerprint density at radius 3 is 1.10 bits per heavy atom. The van der Waals surface area contributed by atoms with Crippen LogP contribution in [0.5, 0.6) is 0 Å². The van der Waals surface area contributed by atoms with Gasteiger partial charge in [-0.1, -0.05) is 122 Å². The number of hydrogen-bond donors (Lipinski definition) is 0. The van der Waals surface area contributed by atoms with Gasteiger partial charge in [0, 0.05) is 5.69 Å². The summed E-state index contributed by atoms with van der Waals surface area (Å²) in [7, 11) is -3.31. The minimum absolute atomic E-state index is 0.828. The fourth-order valence-electron chi connectivity index (χ4n) is 4.29. The zero-order valence-electron chi connectivity index (χ0n) is 17.0. The van der Waals surface area contributed by atoms with Crippen molar-refractivity contribution >= 4 is 38.4 Å². The lowest BCUT2D eigenvalue weighted by molar-refractivity contribution is 1.44. The molecule has 0 atom stereocenters. The molecule has 1 radical (unpaired) electrons. The first-order valence-electron chi connectivity index (χ1n) is 10.1. The Hall–Kier alpha value is -2.89. The molecule has 1 nitrogen and oxygen atoms in total. The van der Waals surface area contributed by atoms with Gasteiger partial charge >= 0.3 is 0 Å². The number of anilines is 1. The molecule has 0 bridgehead atoms. The third kappa shape index (κ3) is 3.59. The van der Waals surface area contributed by atoms with E-state index in [2.05, 4.69) is 139 Å². The summed E-state index contributed by atoms with van der Waals surface area (Å²) in [6, 6.07) is 44.4. The monoisotopic (exact) mass is 408 g/mol. The van der Waals surface area contributed by atoms with Crippen LogP contribution in [0, 0.1) is 0 Å². The molecule has 0 aromatic heterocycles. The topological polar surface area (TPSA) is 3.24 Å². The molecular formula is C26H26NSi2. The van der Waals surface area contributed by atoms with E-state index in [0.29, 0.717) is 0 Å². The summed E-state index contributed by atoms with van der Waals surface area (Å²) in [4.78, 5) is 0. The summed E-state index contributed by atoms with van der Waals surface area (Å²) in [6.07, 6.45) is 0. The van der Waals surface area contributed by atoms with Crippen molar-refractivity contribution in [3.05, 3.63) is 121 Å². The van der Waals surface area contributed by atoms with Crippen LogP contribution >= 0.6 is 0 Å². The number of hydrogen-bond acceptors (Lipinski definition) is 1. The minimum atomic E-state index is -2.48. The van der Waals surface area contributed by atoms with E-state index in [1.807, 2.05) is 0 Å². The summed E-state index contributed by atoms with van der Waals surface area (Å²) in [6.45, 7) is 4.82. The van der Waals surface area contributed by atoms with Crippen LogP contribution in [0.1, 0.15) is 0 Å². The lowest BCUT2D eigenvalue weighted by Crippen LogP contribution is -2.79. The van der Waals surface area contributed by atoms with E-state index in [-0.39, 0.29) is 0 Å². The Morgan fingerprint density at radius 2 is 0.793 bits per heavy atom. The highest BCUT2D eigenvalue weighted by molar-refractivity contribution is 7.18. The van der Waals surface area contributed by atoms with E-state index in [1.54, 1.807) is 0 Å². The van der Waals surface area contributed by atoms with Crippen molar-refractivity contribution in [2.75, 3.05) is 4.23 Å². The third-order valence-electron chi connectivity index (χ3n) is 5.37. The molecular weight excluding hydrogens is 382 g/mol. The van der Waals surface area contributed by atoms with Gasteiger partial charge in [-0.15, -0.1) is 0 Å². The van der Waals surface area contributed by atoms with Gasteiger partial charge in [-0.2, -0.15) is 0 Å². The van der Waals surface area contributed by atoms with Gasteiger partial charge in [0.1, 0.15) is 0 Å². The second-order valence-electron chi connectivity index (χ2n) is 7.43. The average molecular weight is 409 g/mol. The Morgan fingerprint density at radius 1 is 0.483 bits per heavy atom. The smallest absolute Gasteiger partial charge is 0.244 e. The molecule has 0 aliphatic carbocycles. The molecule has 0 saturated carbocycles. The zero-order chi connectivity index (χ0) is 20.1. The second kappa shape index (κ2) is 8.64. The predicted molar refractivity (Wildman–Crippen MR) is 130 cm³/mol. The fraction of sp³-hybridized carbons (Fsp3) is 0.0769. The van der Waals surface area contributed by atoms with Gasteiger partial charge in [0.15, 0.2) is 8.96 Å². The van der Waals surface area contributed by atoms with E-state index in [1.165, 1.54) is 21.2 Å². The van der Waals surface area contributed by atoms with Crippen LogP contribution in [-0.2, 0) is 0 Å². The van der Waals surface area contributed by atoms with E-state index >= 15 is 0 Å². The number of rotatable bonds is 6. The number of nitrogens with zero attached hydrogens (tertiary/aromatic N) is 1. The summed E-state index contributed by atoms with van der Waals surface area (Å²) in [5.74, 6) is 0. The standard InChI is InChI=1S/C26H26NSi2/c1-28(2)27(23-15-7-3-8-16-23)29(24-17-9-4-10-18-24,25-19-11-5-12-20-25)26-21-13-6-14-22-26/h3-22H,1-2H3. The highest BCUT2D eigenvalue weighted by Crippen LogP contribution is 2.24. The summed E-state index contributed by atoms with van der Waals surface area (Å²) < 4.78 is 2.79. The van der Waals surface area contributed by atoms with Gasteiger partial charge in [-0.25, -0.2) is 0 Å². The van der Waals surface area contributed by atoms with Crippen LogP contribution in [0.4, 0.5) is 5.69 Å². The molecule has 143 valence electrons. The zero-order valence-corrected chi connectivity index (χ0v) is 19.0. The maximum absolute atomic E-state index is 2.79. The van der Waals surface area contributed by atoms with Gasteiger partial charge < -0.3 is 4.23 Å². The Labute approximate surface area is 177 Å². The molecule has 4 aromatic carbocycles. The van der Waals surface area contributed by atoms with Crippen molar-refractivity contribution in [1.29, 1.82) is 0 Å². The van der Waals surface area contributed by atoms with E-state index in [4.69, 9.17) is 0 Å². The summed E-state index contributed by atoms with van der Waals surface area (Å²) in [5.41, 5.74) is 1.31. The molecule has 0 spiro atoms. The molecule has 3 heteroatoms. The molecule has 4 rings (SSSR count). The highest BCUT2D eigenvalue weighted by Gasteiger charge is 2.46. The Kier molecular flexibility index (Phi) is 5.79. The SMILES string of the molecule is C[Si](C)N(c1ccccc1)[Si](c1ccccc1)(c1ccccc1)c1ccccc1. The van der Waals surface area contributed by atoms with Crippen LogP contribution < -0.4 is 19.8 Å². The lowest BCUT2D eigenvalue weighted by Gasteiger charge is -2.47. The minimum Gasteiger partial charge on any atom is -0.414 e. The molecule has 0 heterocycles. The van der Waals surface area contributed by atoms with Crippen molar-refractivity contribution in [3.8, 4) is 0 Å².